The van der Waals surface area contributed by atoms with Gasteiger partial charge in [-0.05, 0) is 51.5 Å². The number of nitrogens with one attached hydrogen (secondary N) is 2. The standard InChI is InChI=1S/C22H23F3N2O4/c1-5-6-16(12-19(28)29)15-7-9-17(10-8-15)26-20(30)21(31)27-18(13(2)3)11-14(4)22(23,24)25/h7-11,16H,12H2,1-4H3,(H,26,30)(H,27,31)(H,28,29)/b14-11+/t16-/m0/s1. The minimum absolute atomic E-state index is 0.125. The molecule has 0 bridgehead atoms. The molecule has 1 rings (SSSR count). The zero-order valence-electron chi connectivity index (χ0n) is 17.5. The van der Waals surface area contributed by atoms with Gasteiger partial charge in [0.15, 0.2) is 0 Å². The van der Waals surface area contributed by atoms with Gasteiger partial charge in [-0.3, -0.25) is 14.4 Å². The van der Waals surface area contributed by atoms with Crippen LogP contribution in [0, 0.1) is 11.8 Å². The minimum Gasteiger partial charge on any atom is -0.481 e. The van der Waals surface area contributed by atoms with Crippen LogP contribution in [0.25, 0.3) is 0 Å². The van der Waals surface area contributed by atoms with Crippen molar-refractivity contribution in [3.05, 3.63) is 52.7 Å². The first-order chi connectivity index (χ1) is 14.3. The highest BCUT2D eigenvalue weighted by Crippen LogP contribution is 2.26. The molecule has 0 spiro atoms. The molecule has 31 heavy (non-hydrogen) atoms. The molecule has 1 atom stereocenters. The van der Waals surface area contributed by atoms with E-state index >= 15 is 0 Å². The average molecular weight is 436 g/mol. The van der Waals surface area contributed by atoms with E-state index in [0.717, 1.165) is 13.0 Å². The van der Waals surface area contributed by atoms with E-state index in [9.17, 15) is 27.6 Å². The summed E-state index contributed by atoms with van der Waals surface area (Å²) in [7, 11) is 0. The molecule has 6 nitrogen and oxygen atoms in total. The summed E-state index contributed by atoms with van der Waals surface area (Å²) in [6.07, 6.45) is -3.99. The van der Waals surface area contributed by atoms with Crippen LogP contribution in [0.15, 0.2) is 47.2 Å². The number of alkyl halides is 3. The van der Waals surface area contributed by atoms with Gasteiger partial charge in [0.1, 0.15) is 0 Å². The van der Waals surface area contributed by atoms with Crippen LogP contribution >= 0.6 is 0 Å². The maximum Gasteiger partial charge on any atom is 0.412 e. The highest BCUT2D eigenvalue weighted by atomic mass is 19.4. The number of rotatable bonds is 6. The van der Waals surface area contributed by atoms with Crippen LogP contribution in [0.3, 0.4) is 0 Å². The predicted octanol–water partition coefficient (Wildman–Crippen LogP) is 4.13. The van der Waals surface area contributed by atoms with Crippen molar-refractivity contribution in [1.29, 1.82) is 0 Å². The highest BCUT2D eigenvalue weighted by Gasteiger charge is 2.30. The zero-order chi connectivity index (χ0) is 23.8. The lowest BCUT2D eigenvalue weighted by atomic mass is 9.96. The topological polar surface area (TPSA) is 95.5 Å². The van der Waals surface area contributed by atoms with Crippen molar-refractivity contribution in [2.24, 2.45) is 0 Å². The van der Waals surface area contributed by atoms with E-state index in [1.165, 1.54) is 26.0 Å². The second-order valence-corrected chi connectivity index (χ2v) is 6.81. The van der Waals surface area contributed by atoms with E-state index < -0.39 is 35.5 Å². The molecule has 2 amide bonds. The quantitative estimate of drug-likeness (QED) is 0.355. The molecule has 0 fully saturated rings. The number of amides is 2. The van der Waals surface area contributed by atoms with Crippen molar-refractivity contribution in [1.82, 2.24) is 5.32 Å². The SMILES string of the molecule is CC#C[C@@H](CC(=O)O)c1ccc(NC(=O)C(=O)NC(/C=C(\C)C(F)(F)F)=C(C)C)cc1. The van der Waals surface area contributed by atoms with E-state index in [-0.39, 0.29) is 17.8 Å². The van der Waals surface area contributed by atoms with Crippen LogP contribution in [0.1, 0.15) is 45.6 Å². The Bertz CT molecular complexity index is 961. The smallest absolute Gasteiger partial charge is 0.412 e. The summed E-state index contributed by atoms with van der Waals surface area (Å²) in [6.45, 7) is 5.45. The van der Waals surface area contributed by atoms with Crippen molar-refractivity contribution in [3.63, 3.8) is 0 Å². The molecule has 0 saturated heterocycles. The first-order valence-electron chi connectivity index (χ1n) is 9.14. The fraction of sp³-hybridized carbons (Fsp3) is 0.318. The molecule has 0 aliphatic heterocycles. The van der Waals surface area contributed by atoms with E-state index in [2.05, 4.69) is 22.5 Å². The van der Waals surface area contributed by atoms with E-state index in [1.807, 2.05) is 0 Å². The number of allylic oxidation sites excluding steroid dienone is 3. The Morgan fingerprint density at radius 3 is 2.13 bits per heavy atom. The number of carbonyl (C=O) groups excluding carboxylic acids is 2. The Labute approximate surface area is 178 Å². The summed E-state index contributed by atoms with van der Waals surface area (Å²) >= 11 is 0. The molecule has 0 aliphatic rings. The number of carboxylic acids is 1. The summed E-state index contributed by atoms with van der Waals surface area (Å²) in [5.74, 6) is 1.72. The van der Waals surface area contributed by atoms with Crippen molar-refractivity contribution in [2.75, 3.05) is 5.32 Å². The number of anilines is 1. The Morgan fingerprint density at radius 1 is 1.10 bits per heavy atom. The number of carbonyl (C=O) groups is 3. The van der Waals surface area contributed by atoms with Crippen LogP contribution in [0.5, 0.6) is 0 Å². The lowest BCUT2D eigenvalue weighted by molar-refractivity contribution is -0.137. The minimum atomic E-state index is -4.56. The van der Waals surface area contributed by atoms with Crippen LogP contribution < -0.4 is 10.6 Å². The van der Waals surface area contributed by atoms with E-state index in [4.69, 9.17) is 5.11 Å². The predicted molar refractivity (Wildman–Crippen MR) is 110 cm³/mol. The second kappa shape index (κ2) is 11.0. The van der Waals surface area contributed by atoms with Crippen molar-refractivity contribution in [2.45, 2.75) is 46.2 Å². The first kappa shape index (κ1) is 25.5. The Balaban J connectivity index is 2.90. The van der Waals surface area contributed by atoms with Gasteiger partial charge in [0.25, 0.3) is 0 Å². The van der Waals surface area contributed by atoms with Gasteiger partial charge in [0, 0.05) is 17.0 Å². The number of halogens is 3. The Morgan fingerprint density at radius 2 is 1.68 bits per heavy atom. The molecule has 0 heterocycles. The van der Waals surface area contributed by atoms with Gasteiger partial charge in [0.2, 0.25) is 0 Å². The average Bonchev–Trinajstić information content (AvgIpc) is 2.66. The Hall–Kier alpha value is -3.54. The summed E-state index contributed by atoms with van der Waals surface area (Å²) < 4.78 is 38.2. The van der Waals surface area contributed by atoms with Crippen LogP contribution in [0.2, 0.25) is 0 Å². The van der Waals surface area contributed by atoms with Gasteiger partial charge < -0.3 is 15.7 Å². The van der Waals surface area contributed by atoms with Crippen molar-refractivity contribution < 1.29 is 32.7 Å². The number of hydrogen-bond acceptors (Lipinski definition) is 3. The number of carboxylic acid groups (broad SMARTS) is 1. The molecule has 9 heteroatoms. The summed E-state index contributed by atoms with van der Waals surface area (Å²) in [6, 6.07) is 6.09. The van der Waals surface area contributed by atoms with Gasteiger partial charge >= 0.3 is 24.0 Å². The van der Waals surface area contributed by atoms with Crippen molar-refractivity contribution >= 4 is 23.5 Å². The molecule has 1 aromatic rings. The van der Waals surface area contributed by atoms with Crippen LogP contribution in [0.4, 0.5) is 18.9 Å². The van der Waals surface area contributed by atoms with Crippen LogP contribution in [-0.4, -0.2) is 29.1 Å². The second-order valence-electron chi connectivity index (χ2n) is 6.81. The number of aliphatic carboxylic acids is 1. The third-order valence-electron chi connectivity index (χ3n) is 4.07. The summed E-state index contributed by atoms with van der Waals surface area (Å²) in [4.78, 5) is 35.2. The number of benzene rings is 1. The van der Waals surface area contributed by atoms with Gasteiger partial charge in [-0.2, -0.15) is 13.2 Å². The largest absolute Gasteiger partial charge is 0.481 e. The molecule has 0 saturated carbocycles. The van der Waals surface area contributed by atoms with Gasteiger partial charge in [-0.25, -0.2) is 0 Å². The van der Waals surface area contributed by atoms with Gasteiger partial charge in [-0.15, -0.1) is 5.92 Å². The maximum atomic E-state index is 12.7. The highest BCUT2D eigenvalue weighted by molar-refractivity contribution is 6.40. The molecule has 0 aromatic heterocycles. The normalized spacial score (nSPS) is 12.2. The molecular formula is C22H23F3N2O4. The molecule has 3 N–H and O–H groups in total. The molecule has 0 radical (unpaired) electrons. The fourth-order valence-electron chi connectivity index (χ4n) is 2.37. The molecule has 166 valence electrons. The Kier molecular flexibility index (Phi) is 9.06. The monoisotopic (exact) mass is 436 g/mol. The zero-order valence-corrected chi connectivity index (χ0v) is 17.5. The van der Waals surface area contributed by atoms with Crippen molar-refractivity contribution in [3.8, 4) is 11.8 Å². The van der Waals surface area contributed by atoms with Gasteiger partial charge in [-0.1, -0.05) is 23.6 Å². The molecule has 0 unspecified atom stereocenters. The molecular weight excluding hydrogens is 413 g/mol. The van der Waals surface area contributed by atoms with E-state index in [0.29, 0.717) is 11.1 Å². The van der Waals surface area contributed by atoms with Crippen LogP contribution in [-0.2, 0) is 14.4 Å². The lowest BCUT2D eigenvalue weighted by Gasteiger charge is -2.13. The first-order valence-corrected chi connectivity index (χ1v) is 9.14. The number of hydrogen-bond donors (Lipinski definition) is 3. The third-order valence-corrected chi connectivity index (χ3v) is 4.07. The molecule has 1 aromatic carbocycles. The summed E-state index contributed by atoms with van der Waals surface area (Å²) in [5, 5.41) is 13.5. The summed E-state index contributed by atoms with van der Waals surface area (Å²) in [5.41, 5.74) is 0.212. The lowest BCUT2D eigenvalue weighted by Crippen LogP contribution is -2.35. The van der Waals surface area contributed by atoms with E-state index in [1.54, 1.807) is 19.1 Å². The van der Waals surface area contributed by atoms with Gasteiger partial charge in [0.05, 0.1) is 12.3 Å². The fourth-order valence-corrected chi connectivity index (χ4v) is 2.37. The third kappa shape index (κ3) is 8.38. The molecule has 0 aliphatic carbocycles. The maximum absolute atomic E-state index is 12.7.